The van der Waals surface area contributed by atoms with Gasteiger partial charge in [-0.3, -0.25) is 4.68 Å². The van der Waals surface area contributed by atoms with Crippen LogP contribution in [0.4, 0.5) is 0 Å². The number of nitrogens with one attached hydrogen (secondary N) is 1. The Hall–Kier alpha value is -0.540. The molecule has 0 amide bonds. The Labute approximate surface area is 90.4 Å². The van der Waals surface area contributed by atoms with Crippen molar-refractivity contribution in [2.45, 2.75) is 39.3 Å². The van der Waals surface area contributed by atoms with Crippen molar-refractivity contribution in [1.82, 2.24) is 15.1 Å². The van der Waals surface area contributed by atoms with Crippen molar-refractivity contribution in [1.29, 1.82) is 0 Å². The highest BCUT2D eigenvalue weighted by atomic mass is 35.5. The monoisotopic (exact) mass is 215 g/mol. The van der Waals surface area contributed by atoms with Gasteiger partial charge in [0.15, 0.2) is 0 Å². The van der Waals surface area contributed by atoms with Crippen LogP contribution in [0.5, 0.6) is 0 Å². The number of halogens is 1. The van der Waals surface area contributed by atoms with E-state index >= 15 is 0 Å². The molecule has 0 spiro atoms. The Kier molecular flexibility index (Phi) is 3.96. The average Bonchev–Trinajstić information content (AvgIpc) is 2.51. The molecule has 0 radical (unpaired) electrons. The van der Waals surface area contributed by atoms with E-state index in [0.29, 0.717) is 5.02 Å². The normalized spacial score (nSPS) is 12.0. The van der Waals surface area contributed by atoms with E-state index in [4.69, 9.17) is 11.6 Å². The summed E-state index contributed by atoms with van der Waals surface area (Å²) in [6.45, 7) is 8.35. The van der Waals surface area contributed by atoms with Gasteiger partial charge in [0, 0.05) is 18.3 Å². The molecule has 0 aliphatic carbocycles. The Morgan fingerprint density at radius 1 is 1.57 bits per heavy atom. The van der Waals surface area contributed by atoms with Crippen molar-refractivity contribution in [3.63, 3.8) is 0 Å². The van der Waals surface area contributed by atoms with Gasteiger partial charge in [-0.15, -0.1) is 0 Å². The summed E-state index contributed by atoms with van der Waals surface area (Å²) in [5.74, 6) is 0. The van der Waals surface area contributed by atoms with Crippen molar-refractivity contribution >= 4 is 11.6 Å². The molecule has 1 N–H and O–H groups in total. The first-order chi connectivity index (χ1) is 6.53. The summed E-state index contributed by atoms with van der Waals surface area (Å²) in [6.07, 6.45) is 4.61. The second-order valence-corrected chi connectivity index (χ2v) is 4.52. The molecule has 0 aliphatic rings. The number of hydrogen-bond donors (Lipinski definition) is 1. The molecule has 1 rings (SSSR count). The molecule has 0 fully saturated rings. The molecule has 0 aliphatic heterocycles. The molecule has 0 bridgehead atoms. The number of aromatic nitrogens is 2. The van der Waals surface area contributed by atoms with E-state index in [2.05, 4.69) is 31.2 Å². The summed E-state index contributed by atoms with van der Waals surface area (Å²) in [5.41, 5.74) is 0.205. The summed E-state index contributed by atoms with van der Waals surface area (Å²) in [4.78, 5) is 0. The Bertz CT molecular complexity index is 281. The van der Waals surface area contributed by atoms with E-state index in [1.807, 2.05) is 10.9 Å². The third-order valence-electron chi connectivity index (χ3n) is 2.43. The highest BCUT2D eigenvalue weighted by Crippen LogP contribution is 2.07. The Morgan fingerprint density at radius 2 is 2.29 bits per heavy atom. The topological polar surface area (TPSA) is 29.9 Å². The second-order valence-electron chi connectivity index (χ2n) is 4.09. The van der Waals surface area contributed by atoms with Gasteiger partial charge in [0.1, 0.15) is 0 Å². The molecule has 0 unspecified atom stereocenters. The lowest BCUT2D eigenvalue weighted by Crippen LogP contribution is -2.40. The highest BCUT2D eigenvalue weighted by molar-refractivity contribution is 6.30. The fourth-order valence-electron chi connectivity index (χ4n) is 1.09. The lowest BCUT2D eigenvalue weighted by Gasteiger charge is -2.24. The van der Waals surface area contributed by atoms with Crippen molar-refractivity contribution < 1.29 is 0 Å². The van der Waals surface area contributed by atoms with Gasteiger partial charge in [-0.25, -0.2) is 0 Å². The first-order valence-corrected chi connectivity index (χ1v) is 5.34. The molecule has 0 aromatic carbocycles. The smallest absolute Gasteiger partial charge is 0.0785 e. The largest absolute Gasteiger partial charge is 0.310 e. The van der Waals surface area contributed by atoms with Gasteiger partial charge >= 0.3 is 0 Å². The predicted octanol–water partition coefficient (Wildman–Crippen LogP) is 2.31. The molecule has 14 heavy (non-hydrogen) atoms. The zero-order valence-electron chi connectivity index (χ0n) is 9.05. The molecule has 80 valence electrons. The first-order valence-electron chi connectivity index (χ1n) is 4.96. The maximum absolute atomic E-state index is 5.75. The van der Waals surface area contributed by atoms with Crippen LogP contribution < -0.4 is 5.32 Å². The number of hydrogen-bond acceptors (Lipinski definition) is 2. The van der Waals surface area contributed by atoms with Crippen LogP contribution in [0.2, 0.25) is 5.02 Å². The van der Waals surface area contributed by atoms with E-state index < -0.39 is 0 Å². The molecule has 0 atom stereocenters. The van der Waals surface area contributed by atoms with Crippen LogP contribution in [0.3, 0.4) is 0 Å². The minimum absolute atomic E-state index is 0.205. The molecule has 1 aromatic heterocycles. The van der Waals surface area contributed by atoms with Crippen molar-refractivity contribution in [2.24, 2.45) is 0 Å². The van der Waals surface area contributed by atoms with E-state index in [-0.39, 0.29) is 5.54 Å². The molecule has 4 heteroatoms. The van der Waals surface area contributed by atoms with E-state index in [1.54, 1.807) is 6.20 Å². The maximum Gasteiger partial charge on any atom is 0.0785 e. The second kappa shape index (κ2) is 4.80. The van der Waals surface area contributed by atoms with E-state index in [1.165, 1.54) is 0 Å². The Morgan fingerprint density at radius 3 is 2.79 bits per heavy atom. The highest BCUT2D eigenvalue weighted by Gasteiger charge is 2.12. The van der Waals surface area contributed by atoms with Crippen LogP contribution in [0.25, 0.3) is 0 Å². The minimum Gasteiger partial charge on any atom is -0.310 e. The van der Waals surface area contributed by atoms with Crippen LogP contribution >= 0.6 is 11.6 Å². The Balaban J connectivity index is 2.28. The van der Waals surface area contributed by atoms with Crippen LogP contribution in [0, 0.1) is 0 Å². The summed E-state index contributed by atoms with van der Waals surface area (Å²) >= 11 is 5.75. The van der Waals surface area contributed by atoms with Gasteiger partial charge in [0.2, 0.25) is 0 Å². The standard InChI is InChI=1S/C10H18ClN3/c1-4-10(2,3)12-5-6-14-8-9(11)7-13-14/h7-8,12H,4-6H2,1-3H3. The van der Waals surface area contributed by atoms with Gasteiger partial charge in [-0.1, -0.05) is 18.5 Å². The molecule has 1 aromatic rings. The molecular formula is C10H18ClN3. The van der Waals surface area contributed by atoms with Crippen molar-refractivity contribution in [2.75, 3.05) is 6.54 Å². The number of rotatable bonds is 5. The maximum atomic E-state index is 5.75. The summed E-state index contributed by atoms with van der Waals surface area (Å²) in [6, 6.07) is 0. The minimum atomic E-state index is 0.205. The van der Waals surface area contributed by atoms with E-state index in [9.17, 15) is 0 Å². The predicted molar refractivity (Wildman–Crippen MR) is 59.6 cm³/mol. The molecule has 0 saturated heterocycles. The lowest BCUT2D eigenvalue weighted by molar-refractivity contribution is 0.363. The van der Waals surface area contributed by atoms with Gasteiger partial charge < -0.3 is 5.32 Å². The van der Waals surface area contributed by atoms with Gasteiger partial charge in [-0.05, 0) is 20.3 Å². The third kappa shape index (κ3) is 3.68. The SMILES string of the molecule is CCC(C)(C)NCCn1cc(Cl)cn1. The summed E-state index contributed by atoms with van der Waals surface area (Å²) in [7, 11) is 0. The summed E-state index contributed by atoms with van der Waals surface area (Å²) in [5, 5.41) is 8.26. The quantitative estimate of drug-likeness (QED) is 0.817. The number of nitrogens with zero attached hydrogens (tertiary/aromatic N) is 2. The average molecular weight is 216 g/mol. The van der Waals surface area contributed by atoms with E-state index in [0.717, 1.165) is 19.5 Å². The zero-order valence-corrected chi connectivity index (χ0v) is 9.80. The fraction of sp³-hybridized carbons (Fsp3) is 0.700. The molecule has 1 heterocycles. The van der Waals surface area contributed by atoms with Crippen LogP contribution in [-0.4, -0.2) is 21.9 Å². The van der Waals surface area contributed by atoms with Crippen LogP contribution in [0.1, 0.15) is 27.2 Å². The van der Waals surface area contributed by atoms with Crippen molar-refractivity contribution in [3.05, 3.63) is 17.4 Å². The molecular weight excluding hydrogens is 198 g/mol. The molecule has 3 nitrogen and oxygen atoms in total. The zero-order chi connectivity index (χ0) is 10.6. The fourth-order valence-corrected chi connectivity index (χ4v) is 1.25. The van der Waals surface area contributed by atoms with Gasteiger partial charge in [0.25, 0.3) is 0 Å². The van der Waals surface area contributed by atoms with Crippen molar-refractivity contribution in [3.8, 4) is 0 Å². The third-order valence-corrected chi connectivity index (χ3v) is 2.63. The van der Waals surface area contributed by atoms with Crippen LogP contribution in [0.15, 0.2) is 12.4 Å². The summed E-state index contributed by atoms with van der Waals surface area (Å²) < 4.78 is 1.85. The van der Waals surface area contributed by atoms with Gasteiger partial charge in [0.05, 0.1) is 17.8 Å². The first kappa shape index (κ1) is 11.5. The van der Waals surface area contributed by atoms with Gasteiger partial charge in [-0.2, -0.15) is 5.10 Å². The van der Waals surface area contributed by atoms with Crippen LogP contribution in [-0.2, 0) is 6.54 Å². The lowest BCUT2D eigenvalue weighted by atomic mass is 10.0. The molecule has 0 saturated carbocycles.